The van der Waals surface area contributed by atoms with Crippen LogP contribution in [0.15, 0.2) is 18.2 Å². The van der Waals surface area contributed by atoms with Crippen LogP contribution in [0.4, 0.5) is 5.69 Å². The monoisotopic (exact) mass is 321 g/mol. The standard InChI is InChI=1S/C17H27N3O3/c1-13(18)9-17(21)20-6-4-5-19(7-8-20)14-10-15(22-2)12-16(11-14)23-3/h10-13H,4-9,18H2,1-3H3. The molecule has 2 N–H and O–H groups in total. The molecule has 0 aromatic heterocycles. The lowest BCUT2D eigenvalue weighted by Crippen LogP contribution is -2.37. The summed E-state index contributed by atoms with van der Waals surface area (Å²) in [6.07, 6.45) is 1.34. The summed E-state index contributed by atoms with van der Waals surface area (Å²) in [7, 11) is 3.30. The number of hydrogen-bond donors (Lipinski definition) is 1. The van der Waals surface area contributed by atoms with Gasteiger partial charge in [0, 0.05) is 62.5 Å². The second kappa shape index (κ2) is 8.06. The molecule has 1 unspecified atom stereocenters. The van der Waals surface area contributed by atoms with Crippen molar-refractivity contribution >= 4 is 11.6 Å². The van der Waals surface area contributed by atoms with Crippen LogP contribution >= 0.6 is 0 Å². The fourth-order valence-corrected chi connectivity index (χ4v) is 2.80. The zero-order valence-electron chi connectivity index (χ0n) is 14.2. The number of amides is 1. The van der Waals surface area contributed by atoms with E-state index in [4.69, 9.17) is 15.2 Å². The highest BCUT2D eigenvalue weighted by molar-refractivity contribution is 5.77. The van der Waals surface area contributed by atoms with E-state index in [-0.39, 0.29) is 11.9 Å². The van der Waals surface area contributed by atoms with Crippen molar-refractivity contribution in [1.82, 2.24) is 4.90 Å². The molecule has 1 aliphatic rings. The van der Waals surface area contributed by atoms with Crippen LogP contribution in [0.3, 0.4) is 0 Å². The van der Waals surface area contributed by atoms with E-state index in [2.05, 4.69) is 4.90 Å². The molecular weight excluding hydrogens is 294 g/mol. The van der Waals surface area contributed by atoms with E-state index in [0.29, 0.717) is 13.0 Å². The zero-order chi connectivity index (χ0) is 16.8. The molecule has 0 bridgehead atoms. The number of anilines is 1. The van der Waals surface area contributed by atoms with Crippen molar-refractivity contribution < 1.29 is 14.3 Å². The summed E-state index contributed by atoms with van der Waals surface area (Å²) in [5.74, 6) is 1.69. The van der Waals surface area contributed by atoms with Crippen molar-refractivity contribution in [2.75, 3.05) is 45.3 Å². The van der Waals surface area contributed by atoms with Gasteiger partial charge in [-0.1, -0.05) is 0 Å². The summed E-state index contributed by atoms with van der Waals surface area (Å²) in [6.45, 7) is 5.05. The smallest absolute Gasteiger partial charge is 0.224 e. The van der Waals surface area contributed by atoms with E-state index in [9.17, 15) is 4.79 Å². The number of hydrogen-bond acceptors (Lipinski definition) is 5. The van der Waals surface area contributed by atoms with Gasteiger partial charge in [-0.3, -0.25) is 4.79 Å². The van der Waals surface area contributed by atoms with Gasteiger partial charge in [0.1, 0.15) is 11.5 Å². The highest BCUT2D eigenvalue weighted by Crippen LogP contribution is 2.29. The van der Waals surface area contributed by atoms with Crippen molar-refractivity contribution in [3.05, 3.63) is 18.2 Å². The van der Waals surface area contributed by atoms with Crippen molar-refractivity contribution in [3.63, 3.8) is 0 Å². The number of nitrogens with zero attached hydrogens (tertiary/aromatic N) is 2. The van der Waals surface area contributed by atoms with E-state index in [1.54, 1.807) is 14.2 Å². The maximum Gasteiger partial charge on any atom is 0.224 e. The normalized spacial score (nSPS) is 16.7. The fourth-order valence-electron chi connectivity index (χ4n) is 2.80. The summed E-state index contributed by atoms with van der Waals surface area (Å²) in [6, 6.07) is 5.77. The van der Waals surface area contributed by atoms with Gasteiger partial charge in [0.05, 0.1) is 14.2 Å². The largest absolute Gasteiger partial charge is 0.497 e. The zero-order valence-corrected chi connectivity index (χ0v) is 14.2. The van der Waals surface area contributed by atoms with Gasteiger partial charge in [0.15, 0.2) is 0 Å². The Morgan fingerprint density at radius 2 is 1.78 bits per heavy atom. The lowest BCUT2D eigenvalue weighted by atomic mass is 10.2. The second-order valence-electron chi connectivity index (χ2n) is 5.97. The Bertz CT molecular complexity index is 512. The lowest BCUT2D eigenvalue weighted by Gasteiger charge is -2.25. The molecule has 23 heavy (non-hydrogen) atoms. The Morgan fingerprint density at radius 3 is 2.35 bits per heavy atom. The van der Waals surface area contributed by atoms with E-state index in [0.717, 1.165) is 43.2 Å². The van der Waals surface area contributed by atoms with Gasteiger partial charge in [0.25, 0.3) is 0 Å². The molecule has 0 aliphatic carbocycles. The first-order chi connectivity index (χ1) is 11.0. The predicted molar refractivity (Wildman–Crippen MR) is 91.2 cm³/mol. The summed E-state index contributed by atoms with van der Waals surface area (Å²) in [5.41, 5.74) is 6.79. The Kier molecular flexibility index (Phi) is 6.10. The van der Waals surface area contributed by atoms with Gasteiger partial charge in [-0.05, 0) is 13.3 Å². The Morgan fingerprint density at radius 1 is 1.13 bits per heavy atom. The predicted octanol–water partition coefficient (Wildman–Crippen LogP) is 1.48. The molecule has 0 radical (unpaired) electrons. The number of rotatable bonds is 5. The number of carbonyl (C=O) groups excluding carboxylic acids is 1. The first kappa shape index (κ1) is 17.4. The van der Waals surface area contributed by atoms with Crippen molar-refractivity contribution in [2.24, 2.45) is 5.73 Å². The molecule has 6 heteroatoms. The molecule has 1 aromatic carbocycles. The van der Waals surface area contributed by atoms with Crippen LogP contribution in [0.25, 0.3) is 0 Å². The highest BCUT2D eigenvalue weighted by atomic mass is 16.5. The van der Waals surface area contributed by atoms with Gasteiger partial charge in [0.2, 0.25) is 5.91 Å². The number of benzene rings is 1. The van der Waals surface area contributed by atoms with E-state index >= 15 is 0 Å². The van der Waals surface area contributed by atoms with E-state index in [1.165, 1.54) is 0 Å². The fraction of sp³-hybridized carbons (Fsp3) is 0.588. The Balaban J connectivity index is 2.07. The molecule has 1 atom stereocenters. The van der Waals surface area contributed by atoms with Crippen LogP contribution in [-0.4, -0.2) is 57.2 Å². The lowest BCUT2D eigenvalue weighted by molar-refractivity contribution is -0.131. The molecule has 1 fully saturated rings. The van der Waals surface area contributed by atoms with Crippen molar-refractivity contribution in [1.29, 1.82) is 0 Å². The third-order valence-corrected chi connectivity index (χ3v) is 4.05. The average Bonchev–Trinajstić information content (AvgIpc) is 2.79. The molecule has 128 valence electrons. The number of ether oxygens (including phenoxy) is 2. The molecule has 2 rings (SSSR count). The third-order valence-electron chi connectivity index (χ3n) is 4.05. The van der Waals surface area contributed by atoms with Crippen molar-refractivity contribution in [2.45, 2.75) is 25.8 Å². The number of nitrogens with two attached hydrogens (primary N) is 1. The maximum atomic E-state index is 12.2. The summed E-state index contributed by atoms with van der Waals surface area (Å²) in [4.78, 5) is 16.4. The third kappa shape index (κ3) is 4.76. The molecule has 1 amide bonds. The second-order valence-corrected chi connectivity index (χ2v) is 5.97. The van der Waals surface area contributed by atoms with Gasteiger partial charge >= 0.3 is 0 Å². The Hall–Kier alpha value is -1.95. The Labute approximate surface area is 138 Å². The maximum absolute atomic E-state index is 12.2. The molecule has 6 nitrogen and oxygen atoms in total. The molecule has 0 saturated carbocycles. The summed E-state index contributed by atoms with van der Waals surface area (Å²) < 4.78 is 10.7. The van der Waals surface area contributed by atoms with Crippen LogP contribution in [-0.2, 0) is 4.79 Å². The van der Waals surface area contributed by atoms with Gasteiger partial charge in [-0.25, -0.2) is 0 Å². The molecule has 1 heterocycles. The van der Waals surface area contributed by atoms with Crippen LogP contribution in [0.1, 0.15) is 19.8 Å². The molecule has 1 aromatic rings. The minimum atomic E-state index is -0.0931. The minimum absolute atomic E-state index is 0.0931. The van der Waals surface area contributed by atoms with E-state index in [1.807, 2.05) is 30.0 Å². The quantitative estimate of drug-likeness (QED) is 0.890. The van der Waals surface area contributed by atoms with Crippen LogP contribution in [0, 0.1) is 0 Å². The minimum Gasteiger partial charge on any atom is -0.497 e. The van der Waals surface area contributed by atoms with E-state index < -0.39 is 0 Å². The summed E-state index contributed by atoms with van der Waals surface area (Å²) >= 11 is 0. The van der Waals surface area contributed by atoms with Gasteiger partial charge in [-0.2, -0.15) is 0 Å². The van der Waals surface area contributed by atoms with Crippen LogP contribution < -0.4 is 20.1 Å². The topological polar surface area (TPSA) is 68.0 Å². The van der Waals surface area contributed by atoms with Gasteiger partial charge in [-0.15, -0.1) is 0 Å². The highest BCUT2D eigenvalue weighted by Gasteiger charge is 2.20. The van der Waals surface area contributed by atoms with Crippen molar-refractivity contribution in [3.8, 4) is 11.5 Å². The molecule has 1 aliphatic heterocycles. The number of methoxy groups -OCH3 is 2. The average molecular weight is 321 g/mol. The first-order valence-electron chi connectivity index (χ1n) is 8.05. The summed E-state index contributed by atoms with van der Waals surface area (Å²) in [5, 5.41) is 0. The number of carbonyl (C=O) groups is 1. The van der Waals surface area contributed by atoms with Crippen LogP contribution in [0.2, 0.25) is 0 Å². The molecule has 0 spiro atoms. The van der Waals surface area contributed by atoms with Gasteiger partial charge < -0.3 is 25.0 Å². The van der Waals surface area contributed by atoms with Crippen LogP contribution in [0.5, 0.6) is 11.5 Å². The first-order valence-corrected chi connectivity index (χ1v) is 8.05. The molecular formula is C17H27N3O3. The SMILES string of the molecule is COc1cc(OC)cc(N2CCCN(C(=O)CC(C)N)CC2)c1. The molecule has 1 saturated heterocycles.